The maximum atomic E-state index is 12.5. The molecule has 24 heavy (non-hydrogen) atoms. The van der Waals surface area contributed by atoms with Gasteiger partial charge in [0.15, 0.2) is 5.78 Å². The zero-order valence-corrected chi connectivity index (χ0v) is 15.0. The minimum absolute atomic E-state index is 0.0196. The summed E-state index contributed by atoms with van der Waals surface area (Å²) in [7, 11) is 0. The van der Waals surface area contributed by atoms with Crippen LogP contribution in [0.25, 0.3) is 0 Å². The van der Waals surface area contributed by atoms with E-state index in [4.69, 9.17) is 0 Å². The first kappa shape index (κ1) is 16.1. The van der Waals surface area contributed by atoms with E-state index < -0.39 is 5.92 Å². The van der Waals surface area contributed by atoms with Gasteiger partial charge in [0, 0.05) is 11.8 Å². The van der Waals surface area contributed by atoms with Gasteiger partial charge < -0.3 is 0 Å². The van der Waals surface area contributed by atoms with E-state index in [1.807, 2.05) is 6.92 Å². The number of carbonyl (C=O) groups is 2. The van der Waals surface area contributed by atoms with E-state index in [0.29, 0.717) is 30.0 Å². The molecule has 128 valence electrons. The summed E-state index contributed by atoms with van der Waals surface area (Å²) in [6, 6.07) is 2.26. The number of nitriles is 1. The highest BCUT2D eigenvalue weighted by Gasteiger charge is 2.60. The van der Waals surface area contributed by atoms with Gasteiger partial charge in [0.25, 0.3) is 0 Å². The second kappa shape index (κ2) is 5.04. The summed E-state index contributed by atoms with van der Waals surface area (Å²) in [6.45, 7) is 6.44. The molecule has 0 bridgehead atoms. The lowest BCUT2D eigenvalue weighted by Crippen LogP contribution is -2.52. The first-order chi connectivity index (χ1) is 11.3. The Bertz CT molecular complexity index is 699. The molecular formula is C21H27NO2. The number of hydrogen-bond donors (Lipinski definition) is 0. The van der Waals surface area contributed by atoms with Crippen molar-refractivity contribution < 1.29 is 9.59 Å². The Morgan fingerprint density at radius 3 is 2.46 bits per heavy atom. The fraction of sp³-hybridized carbons (Fsp3) is 0.762. The molecule has 3 heteroatoms. The van der Waals surface area contributed by atoms with Crippen LogP contribution in [0.2, 0.25) is 0 Å². The minimum atomic E-state index is -0.476. The smallest absolute Gasteiger partial charge is 0.175 e. The number of ketones is 2. The van der Waals surface area contributed by atoms with Crippen LogP contribution in [0, 0.1) is 45.8 Å². The lowest BCUT2D eigenvalue weighted by molar-refractivity contribution is -0.133. The van der Waals surface area contributed by atoms with Gasteiger partial charge in [-0.05, 0) is 74.2 Å². The number of allylic oxidation sites excluding steroid dienone is 1. The summed E-state index contributed by atoms with van der Waals surface area (Å²) in [6.07, 6.45) is 6.65. The molecule has 0 N–H and O–H groups in total. The number of Topliss-reactive ketones (excluding diaryl/α,β-unsaturated/α-hetero) is 2. The molecule has 0 amide bonds. The molecule has 3 fully saturated rings. The van der Waals surface area contributed by atoms with E-state index in [0.717, 1.165) is 44.1 Å². The molecular weight excluding hydrogens is 298 g/mol. The molecule has 1 unspecified atom stereocenters. The highest BCUT2D eigenvalue weighted by atomic mass is 16.1. The lowest BCUT2D eigenvalue weighted by Gasteiger charge is -2.57. The van der Waals surface area contributed by atoms with Crippen molar-refractivity contribution in [3.8, 4) is 6.07 Å². The maximum Gasteiger partial charge on any atom is 0.175 e. The Morgan fingerprint density at radius 1 is 1.04 bits per heavy atom. The quantitative estimate of drug-likeness (QED) is 0.670. The summed E-state index contributed by atoms with van der Waals surface area (Å²) >= 11 is 0. The summed E-state index contributed by atoms with van der Waals surface area (Å²) in [5.74, 6) is 1.69. The zero-order valence-electron chi connectivity index (χ0n) is 15.0. The van der Waals surface area contributed by atoms with Crippen LogP contribution in [0.15, 0.2) is 11.1 Å². The SMILES string of the molecule is CC1=C2CC[C@@H]3[C@@H](CC[C@]4(C)C(=O)CC[C@@H]34)[C@@]2(C)CC(C#N)C1=O. The van der Waals surface area contributed by atoms with Crippen molar-refractivity contribution >= 4 is 11.6 Å². The molecule has 3 saturated carbocycles. The molecule has 6 atom stereocenters. The monoisotopic (exact) mass is 325 g/mol. The van der Waals surface area contributed by atoms with Crippen molar-refractivity contribution in [2.45, 2.75) is 65.7 Å². The van der Waals surface area contributed by atoms with Gasteiger partial charge in [-0.2, -0.15) is 5.26 Å². The van der Waals surface area contributed by atoms with Crippen LogP contribution in [-0.2, 0) is 9.59 Å². The van der Waals surface area contributed by atoms with Gasteiger partial charge in [0.2, 0.25) is 0 Å². The third-order valence-electron chi connectivity index (χ3n) is 8.30. The van der Waals surface area contributed by atoms with E-state index in [2.05, 4.69) is 19.9 Å². The molecule has 4 rings (SSSR count). The van der Waals surface area contributed by atoms with Crippen molar-refractivity contribution in [2.75, 3.05) is 0 Å². The minimum Gasteiger partial charge on any atom is -0.299 e. The highest BCUT2D eigenvalue weighted by molar-refractivity contribution is 6.00. The van der Waals surface area contributed by atoms with E-state index in [1.165, 1.54) is 5.57 Å². The summed E-state index contributed by atoms with van der Waals surface area (Å²) in [4.78, 5) is 24.9. The molecule has 4 aliphatic rings. The normalized spacial score (nSPS) is 47.8. The van der Waals surface area contributed by atoms with Crippen LogP contribution < -0.4 is 0 Å². The second-order valence-corrected chi connectivity index (χ2v) is 9.10. The average Bonchev–Trinajstić information content (AvgIpc) is 2.86. The molecule has 0 aromatic heterocycles. The number of hydrogen-bond acceptors (Lipinski definition) is 3. The van der Waals surface area contributed by atoms with Gasteiger partial charge in [-0.25, -0.2) is 0 Å². The van der Waals surface area contributed by atoms with Gasteiger partial charge in [-0.3, -0.25) is 9.59 Å². The van der Waals surface area contributed by atoms with Crippen LogP contribution in [0.4, 0.5) is 0 Å². The average molecular weight is 325 g/mol. The topological polar surface area (TPSA) is 57.9 Å². The Kier molecular flexibility index (Phi) is 3.37. The van der Waals surface area contributed by atoms with Gasteiger partial charge in [-0.1, -0.05) is 19.4 Å². The zero-order chi connectivity index (χ0) is 17.3. The van der Waals surface area contributed by atoms with Crippen LogP contribution in [0.1, 0.15) is 65.7 Å². The summed E-state index contributed by atoms with van der Waals surface area (Å²) in [5, 5.41) is 9.47. The largest absolute Gasteiger partial charge is 0.299 e. The van der Waals surface area contributed by atoms with Crippen molar-refractivity contribution in [3.05, 3.63) is 11.1 Å². The van der Waals surface area contributed by atoms with Gasteiger partial charge in [0.1, 0.15) is 11.7 Å². The van der Waals surface area contributed by atoms with E-state index in [-0.39, 0.29) is 16.6 Å². The van der Waals surface area contributed by atoms with Crippen molar-refractivity contribution in [1.82, 2.24) is 0 Å². The van der Waals surface area contributed by atoms with E-state index >= 15 is 0 Å². The molecule has 0 saturated heterocycles. The fourth-order valence-corrected chi connectivity index (χ4v) is 6.99. The molecule has 0 aromatic carbocycles. The molecule has 0 spiro atoms. The van der Waals surface area contributed by atoms with E-state index in [1.54, 1.807) is 0 Å². The Hall–Kier alpha value is -1.43. The van der Waals surface area contributed by atoms with Crippen LogP contribution in [0.3, 0.4) is 0 Å². The Labute approximate surface area is 144 Å². The third kappa shape index (κ3) is 1.83. The summed E-state index contributed by atoms with van der Waals surface area (Å²) < 4.78 is 0. The lowest BCUT2D eigenvalue weighted by atomic mass is 9.46. The predicted molar refractivity (Wildman–Crippen MR) is 90.8 cm³/mol. The van der Waals surface area contributed by atoms with Crippen LogP contribution in [-0.4, -0.2) is 11.6 Å². The van der Waals surface area contributed by atoms with Gasteiger partial charge >= 0.3 is 0 Å². The predicted octanol–water partition coefficient (Wildman–Crippen LogP) is 4.23. The molecule has 0 radical (unpaired) electrons. The Balaban J connectivity index is 1.75. The number of fused-ring (bicyclic) bond motifs is 5. The molecule has 4 aliphatic carbocycles. The third-order valence-corrected chi connectivity index (χ3v) is 8.30. The van der Waals surface area contributed by atoms with Gasteiger partial charge in [0.05, 0.1) is 6.07 Å². The molecule has 0 aromatic rings. The van der Waals surface area contributed by atoms with Crippen LogP contribution in [0.5, 0.6) is 0 Å². The van der Waals surface area contributed by atoms with E-state index in [9.17, 15) is 14.9 Å². The number of rotatable bonds is 0. The molecule has 0 heterocycles. The van der Waals surface area contributed by atoms with Gasteiger partial charge in [-0.15, -0.1) is 0 Å². The van der Waals surface area contributed by atoms with Crippen molar-refractivity contribution in [2.24, 2.45) is 34.5 Å². The van der Waals surface area contributed by atoms with Crippen LogP contribution >= 0.6 is 0 Å². The highest BCUT2D eigenvalue weighted by Crippen LogP contribution is 2.65. The summed E-state index contributed by atoms with van der Waals surface area (Å²) in [5.41, 5.74) is 2.07. The standard InChI is InChI=1S/C21H27NO2/c1-12-15-5-4-14-16-6-7-18(23)20(16,2)9-8-17(14)21(15,3)10-13(11-22)19(12)24/h13-14,16-17H,4-10H2,1-3H3/t13?,14-,16-,17+,20-,21-/m0/s1. The number of carbonyl (C=O) groups excluding carboxylic acids is 2. The maximum absolute atomic E-state index is 12.5. The first-order valence-corrected chi connectivity index (χ1v) is 9.50. The fourth-order valence-electron chi connectivity index (χ4n) is 6.99. The van der Waals surface area contributed by atoms with Crippen molar-refractivity contribution in [3.63, 3.8) is 0 Å². The first-order valence-electron chi connectivity index (χ1n) is 9.50. The van der Waals surface area contributed by atoms with Crippen molar-refractivity contribution in [1.29, 1.82) is 5.26 Å². The second-order valence-electron chi connectivity index (χ2n) is 9.10. The molecule has 3 nitrogen and oxygen atoms in total. The Morgan fingerprint density at radius 2 is 1.75 bits per heavy atom. The number of nitrogens with zero attached hydrogens (tertiary/aromatic N) is 1. The molecule has 0 aliphatic heterocycles.